The van der Waals surface area contributed by atoms with Crippen LogP contribution in [0.1, 0.15) is 37.3 Å². The molecule has 0 saturated heterocycles. The van der Waals surface area contributed by atoms with Crippen LogP contribution in [-0.4, -0.2) is 0 Å². The second-order valence-corrected chi connectivity index (χ2v) is 7.16. The number of hydrogen-bond donors (Lipinski definition) is 0. The lowest BCUT2D eigenvalue weighted by Gasteiger charge is -2.12. The number of benzene rings is 4. The summed E-state index contributed by atoms with van der Waals surface area (Å²) in [5, 5.41) is 5.26. The third kappa shape index (κ3) is 3.28. The fourth-order valence-corrected chi connectivity index (χ4v) is 3.69. The van der Waals surface area contributed by atoms with Gasteiger partial charge in [0.25, 0.3) is 0 Å². The lowest BCUT2D eigenvalue weighted by molar-refractivity contribution is 0.781. The minimum atomic E-state index is 0.530. The zero-order valence-corrected chi connectivity index (χ0v) is 15.4. The van der Waals surface area contributed by atoms with Crippen LogP contribution in [0.4, 0.5) is 0 Å². The quantitative estimate of drug-likeness (QED) is 0.337. The third-order valence-electron chi connectivity index (χ3n) is 5.32. The van der Waals surface area contributed by atoms with E-state index in [1.165, 1.54) is 38.2 Å². The summed E-state index contributed by atoms with van der Waals surface area (Å²) in [6.07, 6.45) is 3.45. The van der Waals surface area contributed by atoms with Crippen molar-refractivity contribution in [3.63, 3.8) is 0 Å². The number of hydrogen-bond acceptors (Lipinski definition) is 0. The van der Waals surface area contributed by atoms with Crippen LogP contribution >= 0.6 is 0 Å². The Morgan fingerprint density at radius 3 is 2.19 bits per heavy atom. The van der Waals surface area contributed by atoms with Crippen LogP contribution in [0.15, 0.2) is 91.0 Å². The molecule has 0 heterocycles. The van der Waals surface area contributed by atoms with Crippen molar-refractivity contribution >= 4 is 27.1 Å². The Bertz CT molecular complexity index is 1070. The van der Waals surface area contributed by atoms with Gasteiger partial charge in [0.2, 0.25) is 0 Å². The van der Waals surface area contributed by atoms with Crippen molar-refractivity contribution in [3.05, 3.63) is 102 Å². The molecule has 0 spiro atoms. The van der Waals surface area contributed by atoms with Gasteiger partial charge in [-0.25, -0.2) is 0 Å². The van der Waals surface area contributed by atoms with Crippen LogP contribution in [0.25, 0.3) is 27.1 Å². The van der Waals surface area contributed by atoms with Crippen molar-refractivity contribution < 1.29 is 0 Å². The van der Waals surface area contributed by atoms with Crippen molar-refractivity contribution in [3.8, 4) is 0 Å². The first-order valence-electron chi connectivity index (χ1n) is 9.36. The summed E-state index contributed by atoms with van der Waals surface area (Å²) in [4.78, 5) is 0. The third-order valence-corrected chi connectivity index (χ3v) is 5.32. The van der Waals surface area contributed by atoms with Gasteiger partial charge in [-0.15, -0.1) is 0 Å². The Hall–Kier alpha value is -2.86. The summed E-state index contributed by atoms with van der Waals surface area (Å²) in [6, 6.07) is 30.6. The van der Waals surface area contributed by atoms with E-state index in [1.54, 1.807) is 0 Å². The van der Waals surface area contributed by atoms with Gasteiger partial charge in [-0.2, -0.15) is 0 Å². The molecule has 128 valence electrons. The number of allylic oxidation sites excluding steroid dienone is 2. The highest BCUT2D eigenvalue weighted by atomic mass is 14.1. The Balaban J connectivity index is 1.70. The van der Waals surface area contributed by atoms with Crippen molar-refractivity contribution in [1.29, 1.82) is 0 Å². The first-order valence-corrected chi connectivity index (χ1v) is 9.36. The van der Waals surface area contributed by atoms with Crippen molar-refractivity contribution in [1.82, 2.24) is 0 Å². The molecule has 0 aliphatic carbocycles. The van der Waals surface area contributed by atoms with Crippen molar-refractivity contribution in [2.24, 2.45) is 0 Å². The van der Waals surface area contributed by atoms with Gasteiger partial charge >= 0.3 is 0 Å². The van der Waals surface area contributed by atoms with Gasteiger partial charge in [-0.3, -0.25) is 0 Å². The van der Waals surface area contributed by atoms with E-state index in [9.17, 15) is 0 Å². The minimum absolute atomic E-state index is 0.530. The van der Waals surface area contributed by atoms with Gasteiger partial charge in [0.05, 0.1) is 0 Å². The second kappa shape index (κ2) is 7.17. The molecule has 1 atom stereocenters. The monoisotopic (exact) mass is 336 g/mol. The average Bonchev–Trinajstić information content (AvgIpc) is 2.70. The molecule has 0 amide bonds. The van der Waals surface area contributed by atoms with Crippen LogP contribution < -0.4 is 0 Å². The lowest BCUT2D eigenvalue weighted by Crippen LogP contribution is -1.92. The molecule has 0 bridgehead atoms. The fraction of sp³-hybridized carbons (Fsp3) is 0.154. The normalized spacial score (nSPS) is 13.2. The van der Waals surface area contributed by atoms with E-state index in [0.29, 0.717) is 5.92 Å². The lowest BCUT2D eigenvalue weighted by atomic mass is 9.93. The highest BCUT2D eigenvalue weighted by Gasteiger charge is 2.07. The summed E-state index contributed by atoms with van der Waals surface area (Å²) in [7, 11) is 0. The molecule has 0 nitrogen and oxygen atoms in total. The van der Waals surface area contributed by atoms with E-state index in [0.717, 1.165) is 6.42 Å². The zero-order valence-electron chi connectivity index (χ0n) is 15.4. The maximum atomic E-state index is 2.39. The van der Waals surface area contributed by atoms with Gasteiger partial charge in [-0.1, -0.05) is 85.8 Å². The summed E-state index contributed by atoms with van der Waals surface area (Å²) >= 11 is 0. The molecule has 26 heavy (non-hydrogen) atoms. The Morgan fingerprint density at radius 2 is 1.42 bits per heavy atom. The summed E-state index contributed by atoms with van der Waals surface area (Å²) < 4.78 is 0. The Kier molecular flexibility index (Phi) is 4.58. The maximum Gasteiger partial charge on any atom is -0.0102 e. The number of rotatable bonds is 4. The van der Waals surface area contributed by atoms with Gasteiger partial charge < -0.3 is 0 Å². The maximum absolute atomic E-state index is 2.39. The van der Waals surface area contributed by atoms with E-state index < -0.39 is 0 Å². The molecule has 0 aromatic heterocycles. The predicted molar refractivity (Wildman–Crippen MR) is 115 cm³/mol. The standard InChI is InChI=1S/C26H24/c1-19(21-9-4-3-5-10-21)15-16-20(2)25-14-8-13-24-17-22-11-6-7-12-23(22)18-26(24)25/h3-14,16-19H,15H2,1-2H3/b20-16-. The first-order chi connectivity index (χ1) is 12.7. The van der Waals surface area contributed by atoms with Crippen LogP contribution in [-0.2, 0) is 0 Å². The average molecular weight is 336 g/mol. The summed E-state index contributed by atoms with van der Waals surface area (Å²) in [5.74, 6) is 0.530. The van der Waals surface area contributed by atoms with Crippen LogP contribution in [0, 0.1) is 0 Å². The molecule has 4 aromatic rings. The molecule has 1 unspecified atom stereocenters. The molecule has 0 heteroatoms. The predicted octanol–water partition coefficient (Wildman–Crippen LogP) is 7.59. The van der Waals surface area contributed by atoms with E-state index >= 15 is 0 Å². The molecule has 0 saturated carbocycles. The second-order valence-electron chi connectivity index (χ2n) is 7.16. The van der Waals surface area contributed by atoms with Gasteiger partial charge in [-0.05, 0) is 69.6 Å². The van der Waals surface area contributed by atoms with E-state index in [2.05, 4.69) is 105 Å². The molecular formula is C26H24. The summed E-state index contributed by atoms with van der Waals surface area (Å²) in [5.41, 5.74) is 4.10. The Morgan fingerprint density at radius 1 is 0.769 bits per heavy atom. The van der Waals surface area contributed by atoms with Crippen LogP contribution in [0.3, 0.4) is 0 Å². The van der Waals surface area contributed by atoms with E-state index in [1.807, 2.05) is 0 Å². The molecule has 0 N–H and O–H groups in total. The van der Waals surface area contributed by atoms with Crippen molar-refractivity contribution in [2.75, 3.05) is 0 Å². The van der Waals surface area contributed by atoms with Gasteiger partial charge in [0.15, 0.2) is 0 Å². The van der Waals surface area contributed by atoms with Crippen molar-refractivity contribution in [2.45, 2.75) is 26.2 Å². The van der Waals surface area contributed by atoms with Gasteiger partial charge in [0.1, 0.15) is 0 Å². The molecule has 0 radical (unpaired) electrons. The molecule has 0 aliphatic heterocycles. The van der Waals surface area contributed by atoms with E-state index in [4.69, 9.17) is 0 Å². The fourth-order valence-electron chi connectivity index (χ4n) is 3.69. The molecule has 0 fully saturated rings. The van der Waals surface area contributed by atoms with Crippen LogP contribution in [0.5, 0.6) is 0 Å². The van der Waals surface area contributed by atoms with E-state index in [-0.39, 0.29) is 0 Å². The smallest absolute Gasteiger partial charge is 0.0102 e. The Labute approximate surface area is 155 Å². The molecule has 4 aromatic carbocycles. The minimum Gasteiger partial charge on any atom is -0.0804 e. The van der Waals surface area contributed by atoms with Crippen LogP contribution in [0.2, 0.25) is 0 Å². The largest absolute Gasteiger partial charge is 0.0804 e. The number of fused-ring (bicyclic) bond motifs is 2. The molecular weight excluding hydrogens is 312 g/mol. The SMILES string of the molecule is C/C(=C/CC(C)c1ccccc1)c1cccc2cc3ccccc3cc12. The zero-order chi connectivity index (χ0) is 17.9. The highest BCUT2D eigenvalue weighted by Crippen LogP contribution is 2.30. The first kappa shape index (κ1) is 16.6. The highest BCUT2D eigenvalue weighted by molar-refractivity contribution is 6.02. The molecule has 4 rings (SSSR count). The van der Waals surface area contributed by atoms with Gasteiger partial charge in [0, 0.05) is 0 Å². The topological polar surface area (TPSA) is 0 Å². The summed E-state index contributed by atoms with van der Waals surface area (Å²) in [6.45, 7) is 4.54. The molecule has 0 aliphatic rings.